The van der Waals surface area contributed by atoms with E-state index in [1.807, 2.05) is 30.3 Å². The molecule has 0 aliphatic heterocycles. The molecule has 0 saturated carbocycles. The first-order valence-corrected chi connectivity index (χ1v) is 8.13. The van der Waals surface area contributed by atoms with Gasteiger partial charge in [-0.1, -0.05) is 42.5 Å². The Morgan fingerprint density at radius 3 is 2.81 bits per heavy atom. The number of anilines is 1. The minimum absolute atomic E-state index is 0.331. The number of fused-ring (bicyclic) bond motifs is 1. The summed E-state index contributed by atoms with van der Waals surface area (Å²) in [4.78, 5) is 20.4. The molecule has 2 aromatic carbocycles. The summed E-state index contributed by atoms with van der Waals surface area (Å²) in [6.45, 7) is 0.421. The quantitative estimate of drug-likeness (QED) is 0.596. The predicted octanol–water partition coefficient (Wildman–Crippen LogP) is 3.14. The molecule has 7 heteroatoms. The highest BCUT2D eigenvalue weighted by atomic mass is 16.2. The van der Waals surface area contributed by atoms with Gasteiger partial charge in [-0.3, -0.25) is 5.32 Å². The Morgan fingerprint density at radius 2 is 1.92 bits per heavy atom. The van der Waals surface area contributed by atoms with Gasteiger partial charge in [0.05, 0.1) is 0 Å². The lowest BCUT2D eigenvalue weighted by Gasteiger charge is -2.10. The zero-order valence-electron chi connectivity index (χ0n) is 13.8. The van der Waals surface area contributed by atoms with Gasteiger partial charge in [0.1, 0.15) is 12.1 Å². The van der Waals surface area contributed by atoms with Crippen molar-refractivity contribution in [2.75, 3.05) is 5.32 Å². The van der Waals surface area contributed by atoms with Gasteiger partial charge >= 0.3 is 6.03 Å². The zero-order valence-corrected chi connectivity index (χ0v) is 13.8. The van der Waals surface area contributed by atoms with Crippen LogP contribution in [0.2, 0.25) is 0 Å². The highest BCUT2D eigenvalue weighted by molar-refractivity contribution is 5.89. The smallest absolute Gasteiger partial charge is 0.320 e. The van der Waals surface area contributed by atoms with Crippen molar-refractivity contribution in [3.63, 3.8) is 0 Å². The van der Waals surface area contributed by atoms with Crippen molar-refractivity contribution in [2.24, 2.45) is 0 Å². The molecule has 0 bridgehead atoms. The number of hydrogen-bond acceptors (Lipinski definition) is 4. The first kappa shape index (κ1) is 15.8. The maximum Gasteiger partial charge on any atom is 0.320 e. The van der Waals surface area contributed by atoms with Crippen LogP contribution in [0, 0.1) is 0 Å². The molecule has 2 aromatic heterocycles. The van der Waals surface area contributed by atoms with E-state index in [2.05, 4.69) is 37.8 Å². The lowest BCUT2D eigenvalue weighted by atomic mass is 10.0. The molecular formula is C19H16N6O. The summed E-state index contributed by atoms with van der Waals surface area (Å²) in [5.74, 6) is 0.982. The number of aromatic nitrogens is 4. The van der Waals surface area contributed by atoms with Crippen molar-refractivity contribution in [3.8, 4) is 5.82 Å². The van der Waals surface area contributed by atoms with Crippen LogP contribution in [0.5, 0.6) is 0 Å². The fraction of sp³-hybridized carbons (Fsp3) is 0.0526. The maximum atomic E-state index is 12.2. The fourth-order valence-electron chi connectivity index (χ4n) is 2.73. The number of rotatable bonds is 4. The Kier molecular flexibility index (Phi) is 4.26. The molecule has 7 nitrogen and oxygen atoms in total. The molecule has 0 aliphatic rings. The highest BCUT2D eigenvalue weighted by Gasteiger charge is 2.07. The van der Waals surface area contributed by atoms with Crippen LogP contribution in [-0.4, -0.2) is 25.8 Å². The van der Waals surface area contributed by atoms with Gasteiger partial charge in [0.25, 0.3) is 0 Å². The van der Waals surface area contributed by atoms with E-state index in [0.717, 1.165) is 16.3 Å². The molecule has 26 heavy (non-hydrogen) atoms. The van der Waals surface area contributed by atoms with Crippen molar-refractivity contribution in [3.05, 3.63) is 78.9 Å². The number of urea groups is 1. The lowest BCUT2D eigenvalue weighted by Crippen LogP contribution is -2.28. The third kappa shape index (κ3) is 3.36. The van der Waals surface area contributed by atoms with Gasteiger partial charge in [0.2, 0.25) is 0 Å². The first-order chi connectivity index (χ1) is 12.8. The number of hydrogen-bond donors (Lipinski definition) is 2. The van der Waals surface area contributed by atoms with Gasteiger partial charge in [-0.15, -0.1) is 0 Å². The molecular weight excluding hydrogens is 328 g/mol. The van der Waals surface area contributed by atoms with Crippen LogP contribution in [0.15, 0.2) is 73.3 Å². The molecule has 0 fully saturated rings. The van der Waals surface area contributed by atoms with Crippen molar-refractivity contribution in [2.45, 2.75) is 6.54 Å². The van der Waals surface area contributed by atoms with Crippen LogP contribution >= 0.6 is 0 Å². The summed E-state index contributed by atoms with van der Waals surface area (Å²) in [7, 11) is 0. The van der Waals surface area contributed by atoms with E-state index in [-0.39, 0.29) is 6.03 Å². The van der Waals surface area contributed by atoms with Gasteiger partial charge in [-0.25, -0.2) is 19.4 Å². The number of nitrogens with one attached hydrogen (secondary N) is 2. The summed E-state index contributed by atoms with van der Waals surface area (Å²) >= 11 is 0. The molecule has 0 radical (unpaired) electrons. The molecule has 128 valence electrons. The van der Waals surface area contributed by atoms with Crippen molar-refractivity contribution >= 4 is 22.6 Å². The number of carbonyl (C=O) groups is 1. The molecule has 0 aliphatic carbocycles. The third-order valence-electron chi connectivity index (χ3n) is 3.95. The number of carbonyl (C=O) groups excluding carboxylic acids is 1. The van der Waals surface area contributed by atoms with E-state index < -0.39 is 0 Å². The van der Waals surface area contributed by atoms with E-state index in [4.69, 9.17) is 0 Å². The monoisotopic (exact) mass is 344 g/mol. The Balaban J connectivity index is 1.44. The van der Waals surface area contributed by atoms with Gasteiger partial charge in [0, 0.05) is 25.0 Å². The summed E-state index contributed by atoms with van der Waals surface area (Å²) in [5.41, 5.74) is 1.05. The normalized spacial score (nSPS) is 10.6. The predicted molar refractivity (Wildman–Crippen MR) is 99.0 cm³/mol. The average Bonchev–Trinajstić information content (AvgIpc) is 3.21. The minimum atomic E-state index is -0.331. The second-order valence-electron chi connectivity index (χ2n) is 5.66. The Bertz CT molecular complexity index is 1040. The standard InChI is InChI=1S/C19H16N6O/c26-19(20-12-15-7-3-6-14-5-1-2-8-16(14)15)24-17-11-18(22-13-21-17)25-10-4-9-23-25/h1-11,13H,12H2,(H2,20,21,22,24,26). The van der Waals surface area contributed by atoms with E-state index >= 15 is 0 Å². The van der Waals surface area contributed by atoms with Crippen LogP contribution in [0.3, 0.4) is 0 Å². The van der Waals surface area contributed by atoms with Gasteiger partial charge in [-0.2, -0.15) is 5.10 Å². The Hall–Kier alpha value is -3.74. The van der Waals surface area contributed by atoms with E-state index in [1.165, 1.54) is 6.33 Å². The van der Waals surface area contributed by atoms with Crippen LogP contribution in [0.4, 0.5) is 10.6 Å². The topological polar surface area (TPSA) is 84.7 Å². The van der Waals surface area contributed by atoms with Crippen LogP contribution < -0.4 is 10.6 Å². The second kappa shape index (κ2) is 7.02. The Morgan fingerprint density at radius 1 is 1.04 bits per heavy atom. The van der Waals surface area contributed by atoms with Gasteiger partial charge in [0.15, 0.2) is 5.82 Å². The van der Waals surface area contributed by atoms with Gasteiger partial charge in [-0.05, 0) is 22.4 Å². The average molecular weight is 344 g/mol. The van der Waals surface area contributed by atoms with Crippen molar-refractivity contribution in [1.29, 1.82) is 0 Å². The minimum Gasteiger partial charge on any atom is -0.334 e. The van der Waals surface area contributed by atoms with E-state index in [0.29, 0.717) is 18.2 Å². The lowest BCUT2D eigenvalue weighted by molar-refractivity contribution is 0.251. The molecule has 0 atom stereocenters. The largest absolute Gasteiger partial charge is 0.334 e. The van der Waals surface area contributed by atoms with E-state index in [1.54, 1.807) is 29.2 Å². The van der Waals surface area contributed by atoms with Crippen LogP contribution in [0.1, 0.15) is 5.56 Å². The molecule has 2 N–H and O–H groups in total. The first-order valence-electron chi connectivity index (χ1n) is 8.13. The third-order valence-corrected chi connectivity index (χ3v) is 3.95. The van der Waals surface area contributed by atoms with Gasteiger partial charge < -0.3 is 5.32 Å². The molecule has 2 amide bonds. The zero-order chi connectivity index (χ0) is 17.8. The highest BCUT2D eigenvalue weighted by Crippen LogP contribution is 2.18. The molecule has 0 saturated heterocycles. The van der Waals surface area contributed by atoms with Crippen molar-refractivity contribution < 1.29 is 4.79 Å². The fourth-order valence-corrected chi connectivity index (χ4v) is 2.73. The summed E-state index contributed by atoms with van der Waals surface area (Å²) in [5, 5.41) is 12.0. The van der Waals surface area contributed by atoms with E-state index in [9.17, 15) is 4.79 Å². The Labute approximate surface area is 149 Å². The van der Waals surface area contributed by atoms with Crippen molar-refractivity contribution in [1.82, 2.24) is 25.1 Å². The van der Waals surface area contributed by atoms with Crippen LogP contribution in [-0.2, 0) is 6.54 Å². The molecule has 0 unspecified atom stereocenters. The SMILES string of the molecule is O=C(NCc1cccc2ccccc12)Nc1cc(-n2cccn2)ncn1. The molecule has 0 spiro atoms. The molecule has 2 heterocycles. The molecule has 4 aromatic rings. The summed E-state index contributed by atoms with van der Waals surface area (Å²) in [6.07, 6.45) is 4.82. The maximum absolute atomic E-state index is 12.2. The summed E-state index contributed by atoms with van der Waals surface area (Å²) in [6, 6.07) is 17.3. The number of nitrogens with zero attached hydrogens (tertiary/aromatic N) is 4. The number of benzene rings is 2. The number of amides is 2. The second-order valence-corrected chi connectivity index (χ2v) is 5.66. The van der Waals surface area contributed by atoms with Crippen LogP contribution in [0.25, 0.3) is 16.6 Å². The molecule has 4 rings (SSSR count). The summed E-state index contributed by atoms with van der Waals surface area (Å²) < 4.78 is 1.60.